The van der Waals surface area contributed by atoms with Gasteiger partial charge in [0, 0.05) is 0 Å². The van der Waals surface area contributed by atoms with Crippen LogP contribution in [0.3, 0.4) is 0 Å². The summed E-state index contributed by atoms with van der Waals surface area (Å²) in [6.45, 7) is 2.58. The second kappa shape index (κ2) is 2.22. The molecule has 11 heavy (non-hydrogen) atoms. The fourth-order valence-electron chi connectivity index (χ4n) is 2.04. The van der Waals surface area contributed by atoms with E-state index in [-0.39, 0.29) is 17.7 Å². The zero-order valence-corrected chi connectivity index (χ0v) is 6.91. The largest absolute Gasteiger partial charge is 0.387 e. The molecule has 0 spiro atoms. The summed E-state index contributed by atoms with van der Waals surface area (Å²) in [6, 6.07) is 0.0544. The monoisotopic (exact) mass is 156 g/mol. The average Bonchev–Trinajstić information content (AvgIpc) is 2.42. The molecule has 1 N–H and O–H groups in total. The Morgan fingerprint density at radius 2 is 2.45 bits per heavy atom. The molecule has 2 aliphatic rings. The van der Waals surface area contributed by atoms with Gasteiger partial charge in [-0.1, -0.05) is 6.92 Å². The van der Waals surface area contributed by atoms with Crippen molar-refractivity contribution in [2.45, 2.75) is 37.2 Å². The van der Waals surface area contributed by atoms with E-state index in [4.69, 9.17) is 9.47 Å². The van der Waals surface area contributed by atoms with Gasteiger partial charge in [-0.05, 0) is 6.42 Å². The summed E-state index contributed by atoms with van der Waals surface area (Å²) < 4.78 is 11.0. The molecule has 0 aromatic heterocycles. The van der Waals surface area contributed by atoms with Crippen LogP contribution in [-0.2, 0) is 9.47 Å². The molecule has 2 heterocycles. The lowest BCUT2D eigenvalue weighted by molar-refractivity contribution is -0.118. The van der Waals surface area contributed by atoms with Crippen LogP contribution in [0.2, 0.25) is 0 Å². The molecule has 0 radical (unpaired) electrons. The topological polar surface area (TPSA) is 38.7 Å². The van der Waals surface area contributed by atoms with Crippen molar-refractivity contribution < 1.29 is 14.6 Å². The van der Waals surface area contributed by atoms with Crippen LogP contribution in [-0.4, -0.2) is 43.4 Å². The molecule has 0 aromatic rings. The zero-order chi connectivity index (χ0) is 8.06. The van der Waals surface area contributed by atoms with E-state index in [1.54, 1.807) is 0 Å². The van der Waals surface area contributed by atoms with Gasteiger partial charge in [-0.15, -0.1) is 0 Å². The maximum atomic E-state index is 9.70. The molecule has 62 valence electrons. The number of rotatable bonds is 1. The van der Waals surface area contributed by atoms with Gasteiger partial charge in [0.05, 0.1) is 12.6 Å². The van der Waals surface area contributed by atoms with Gasteiger partial charge >= 0.3 is 0 Å². The summed E-state index contributed by atoms with van der Waals surface area (Å²) in [7, 11) is 1.95. The normalized spacial score (nSPS) is 55.3. The minimum atomic E-state index is -0.414. The van der Waals surface area contributed by atoms with Crippen molar-refractivity contribution >= 4 is 7.85 Å². The Morgan fingerprint density at radius 1 is 1.73 bits per heavy atom. The minimum Gasteiger partial charge on any atom is -0.387 e. The first-order valence-electron chi connectivity index (χ1n) is 4.17. The first-order valence-corrected chi connectivity index (χ1v) is 4.17. The maximum absolute atomic E-state index is 9.70. The summed E-state index contributed by atoms with van der Waals surface area (Å²) in [5.74, 6) is 0. The predicted molar refractivity (Wildman–Crippen MR) is 42.2 cm³/mol. The van der Waals surface area contributed by atoms with Crippen molar-refractivity contribution in [2.24, 2.45) is 0 Å². The fraction of sp³-hybridized carbons (Fsp3) is 1.00. The van der Waals surface area contributed by atoms with Gasteiger partial charge in [0.1, 0.15) is 25.7 Å². The van der Waals surface area contributed by atoms with E-state index >= 15 is 0 Å². The Balaban J connectivity index is 2.24. The fourth-order valence-corrected chi connectivity index (χ4v) is 2.04. The van der Waals surface area contributed by atoms with Crippen molar-refractivity contribution in [3.8, 4) is 0 Å². The number of hydrogen-bond donors (Lipinski definition) is 1. The molecule has 0 saturated carbocycles. The standard InChI is InChI=1S/C7H13BO3/c1-2-7-3-10-4(5(7)9)6(8)11-7/h4-6,9H,2-3,8H2,1H3/t4-,5+,6-,7+/m1/s1. The second-order valence-electron chi connectivity index (χ2n) is 3.46. The van der Waals surface area contributed by atoms with E-state index in [0.29, 0.717) is 6.61 Å². The molecule has 3 nitrogen and oxygen atoms in total. The molecule has 2 bridgehead atoms. The third-order valence-electron chi connectivity index (χ3n) is 2.85. The van der Waals surface area contributed by atoms with E-state index in [0.717, 1.165) is 6.42 Å². The van der Waals surface area contributed by atoms with Gasteiger partial charge < -0.3 is 14.6 Å². The average molecular weight is 156 g/mol. The predicted octanol–water partition coefficient (Wildman–Crippen LogP) is -1.12. The molecule has 2 aliphatic heterocycles. The number of ether oxygens (including phenoxy) is 2. The number of aliphatic hydroxyl groups is 1. The molecule has 2 rings (SSSR count). The highest BCUT2D eigenvalue weighted by molar-refractivity contribution is 6.11. The van der Waals surface area contributed by atoms with E-state index in [9.17, 15) is 5.11 Å². The molecule has 4 heteroatoms. The molecule has 0 unspecified atom stereocenters. The molecular formula is C7H13BO3. The summed E-state index contributed by atoms with van der Waals surface area (Å²) in [5.41, 5.74) is -0.385. The summed E-state index contributed by atoms with van der Waals surface area (Å²) in [4.78, 5) is 0. The molecule has 2 saturated heterocycles. The quantitative estimate of drug-likeness (QED) is 0.489. The van der Waals surface area contributed by atoms with Crippen LogP contribution in [0.1, 0.15) is 13.3 Å². The highest BCUT2D eigenvalue weighted by Crippen LogP contribution is 2.40. The Morgan fingerprint density at radius 3 is 2.73 bits per heavy atom. The Labute approximate surface area is 67.1 Å². The number of hydrogen-bond acceptors (Lipinski definition) is 3. The lowest BCUT2D eigenvalue weighted by Gasteiger charge is -2.28. The van der Waals surface area contributed by atoms with Crippen molar-refractivity contribution in [1.82, 2.24) is 0 Å². The van der Waals surface area contributed by atoms with Gasteiger partial charge in [-0.2, -0.15) is 0 Å². The van der Waals surface area contributed by atoms with Gasteiger partial charge in [0.2, 0.25) is 0 Å². The first kappa shape index (κ1) is 7.59. The van der Waals surface area contributed by atoms with Crippen molar-refractivity contribution in [2.75, 3.05) is 6.61 Å². The zero-order valence-electron chi connectivity index (χ0n) is 6.91. The van der Waals surface area contributed by atoms with Crippen LogP contribution >= 0.6 is 0 Å². The molecular weight excluding hydrogens is 143 g/mol. The Kier molecular flexibility index (Phi) is 1.53. The summed E-state index contributed by atoms with van der Waals surface area (Å²) >= 11 is 0. The van der Waals surface area contributed by atoms with E-state index in [1.807, 2.05) is 14.8 Å². The first-order chi connectivity index (χ1) is 5.19. The van der Waals surface area contributed by atoms with E-state index in [1.165, 1.54) is 0 Å². The second-order valence-corrected chi connectivity index (χ2v) is 3.46. The number of aliphatic hydroxyl groups excluding tert-OH is 1. The highest BCUT2D eigenvalue weighted by Gasteiger charge is 2.58. The van der Waals surface area contributed by atoms with Crippen molar-refractivity contribution in [3.63, 3.8) is 0 Å². The summed E-state index contributed by atoms with van der Waals surface area (Å²) in [6.07, 6.45) is 0.326. The van der Waals surface area contributed by atoms with E-state index in [2.05, 4.69) is 0 Å². The van der Waals surface area contributed by atoms with Gasteiger partial charge in [0.15, 0.2) is 0 Å². The van der Waals surface area contributed by atoms with Gasteiger partial charge in [-0.25, -0.2) is 0 Å². The van der Waals surface area contributed by atoms with Gasteiger partial charge in [-0.3, -0.25) is 0 Å². The SMILES string of the molecule is B[C@@H]1O[C@@]2(CC)CO[C@@H]1[C@@H]2O. The van der Waals surface area contributed by atoms with Crippen LogP contribution in [0.5, 0.6) is 0 Å². The van der Waals surface area contributed by atoms with Crippen LogP contribution in [0.15, 0.2) is 0 Å². The van der Waals surface area contributed by atoms with Crippen LogP contribution in [0.4, 0.5) is 0 Å². The Bertz CT molecular complexity index is 175. The van der Waals surface area contributed by atoms with Gasteiger partial charge in [0.25, 0.3) is 0 Å². The van der Waals surface area contributed by atoms with Crippen molar-refractivity contribution in [3.05, 3.63) is 0 Å². The van der Waals surface area contributed by atoms with Crippen LogP contribution in [0, 0.1) is 0 Å². The van der Waals surface area contributed by atoms with Crippen LogP contribution in [0.25, 0.3) is 0 Å². The maximum Gasteiger partial charge on any atom is 0.142 e. The number of fused-ring (bicyclic) bond motifs is 2. The molecule has 4 atom stereocenters. The molecule has 0 amide bonds. The van der Waals surface area contributed by atoms with Crippen LogP contribution < -0.4 is 0 Å². The molecule has 0 aromatic carbocycles. The smallest absolute Gasteiger partial charge is 0.142 e. The van der Waals surface area contributed by atoms with Crippen molar-refractivity contribution in [1.29, 1.82) is 0 Å². The third kappa shape index (κ3) is 0.804. The Hall–Kier alpha value is -0.0551. The lowest BCUT2D eigenvalue weighted by Crippen LogP contribution is -2.39. The lowest BCUT2D eigenvalue weighted by atomic mass is 9.91. The summed E-state index contributed by atoms with van der Waals surface area (Å²) in [5, 5.41) is 9.70. The molecule has 0 aliphatic carbocycles. The third-order valence-corrected chi connectivity index (χ3v) is 2.85. The minimum absolute atomic E-state index is 0.0544. The molecule has 2 fully saturated rings. The highest BCUT2D eigenvalue weighted by atomic mass is 16.6. The van der Waals surface area contributed by atoms with E-state index < -0.39 is 6.10 Å².